The van der Waals surface area contributed by atoms with Crippen LogP contribution in [0.25, 0.3) is 15.9 Å². The van der Waals surface area contributed by atoms with Crippen molar-refractivity contribution in [1.82, 2.24) is 19.6 Å². The summed E-state index contributed by atoms with van der Waals surface area (Å²) < 4.78 is 1.96. The highest BCUT2D eigenvalue weighted by Gasteiger charge is 2.26. The predicted octanol–water partition coefficient (Wildman–Crippen LogP) is 3.06. The van der Waals surface area contributed by atoms with Gasteiger partial charge in [0, 0.05) is 18.0 Å². The van der Waals surface area contributed by atoms with E-state index in [2.05, 4.69) is 21.9 Å². The van der Waals surface area contributed by atoms with Crippen LogP contribution in [0.1, 0.15) is 36.6 Å². The number of hydrogen-bond donors (Lipinski definition) is 0. The standard InChI is InChI=1S/C16H19N5S/c1-10-4-5-12-11(8-10)13-14-17-9-18-21(14)16(19-15(13)22-12)20-6-2-3-7-20/h9-10H,2-8H2,1H3/t10-/m1/s1. The van der Waals surface area contributed by atoms with Crippen LogP contribution < -0.4 is 4.90 Å². The van der Waals surface area contributed by atoms with Crippen LogP contribution in [-0.4, -0.2) is 32.7 Å². The zero-order valence-corrected chi connectivity index (χ0v) is 13.6. The number of anilines is 1. The Labute approximate surface area is 133 Å². The summed E-state index contributed by atoms with van der Waals surface area (Å²) in [7, 11) is 0. The second-order valence-corrected chi connectivity index (χ2v) is 7.72. The van der Waals surface area contributed by atoms with E-state index < -0.39 is 0 Å². The maximum Gasteiger partial charge on any atom is 0.229 e. The first-order valence-corrected chi connectivity index (χ1v) is 9.02. The van der Waals surface area contributed by atoms with Crippen molar-refractivity contribution in [3.8, 4) is 0 Å². The topological polar surface area (TPSA) is 46.3 Å². The molecule has 0 bridgehead atoms. The van der Waals surface area contributed by atoms with Gasteiger partial charge in [-0.3, -0.25) is 0 Å². The molecule has 0 saturated carbocycles. The Morgan fingerprint density at radius 1 is 1.27 bits per heavy atom. The quantitative estimate of drug-likeness (QED) is 0.693. The number of hydrogen-bond acceptors (Lipinski definition) is 5. The molecular formula is C16H19N5S. The summed E-state index contributed by atoms with van der Waals surface area (Å²) in [5.74, 6) is 1.73. The normalized spacial score (nSPS) is 21.9. The van der Waals surface area contributed by atoms with E-state index in [9.17, 15) is 0 Å². The first kappa shape index (κ1) is 12.8. The van der Waals surface area contributed by atoms with E-state index in [-0.39, 0.29) is 0 Å². The third-order valence-electron chi connectivity index (χ3n) is 5.04. The van der Waals surface area contributed by atoms with E-state index in [4.69, 9.17) is 4.98 Å². The molecule has 0 N–H and O–H groups in total. The molecule has 0 amide bonds. The summed E-state index contributed by atoms with van der Waals surface area (Å²) in [4.78, 5) is 14.6. The molecule has 5 nitrogen and oxygen atoms in total. The molecule has 6 heteroatoms. The third-order valence-corrected chi connectivity index (χ3v) is 6.23. The minimum atomic E-state index is 0.756. The van der Waals surface area contributed by atoms with E-state index in [1.807, 2.05) is 15.9 Å². The van der Waals surface area contributed by atoms with E-state index >= 15 is 0 Å². The van der Waals surface area contributed by atoms with E-state index in [0.717, 1.165) is 41.9 Å². The molecule has 0 radical (unpaired) electrons. The number of aryl methyl sites for hydroxylation is 1. The second-order valence-electron chi connectivity index (χ2n) is 6.63. The van der Waals surface area contributed by atoms with Crippen LogP contribution in [0.5, 0.6) is 0 Å². The molecule has 0 aromatic carbocycles. The lowest BCUT2D eigenvalue weighted by Gasteiger charge is -2.19. The number of thiophene rings is 1. The van der Waals surface area contributed by atoms with Crippen LogP contribution in [0.4, 0.5) is 5.95 Å². The largest absolute Gasteiger partial charge is 0.341 e. The van der Waals surface area contributed by atoms with Gasteiger partial charge in [0.25, 0.3) is 0 Å². The Kier molecular flexibility index (Phi) is 2.71. The average Bonchev–Trinajstić information content (AvgIpc) is 3.24. The van der Waals surface area contributed by atoms with E-state index in [1.165, 1.54) is 41.5 Å². The zero-order valence-electron chi connectivity index (χ0n) is 12.7. The molecule has 1 fully saturated rings. The first-order valence-electron chi connectivity index (χ1n) is 8.20. The second kappa shape index (κ2) is 4.65. The maximum absolute atomic E-state index is 4.99. The van der Waals surface area contributed by atoms with Crippen molar-refractivity contribution >= 4 is 33.1 Å². The average molecular weight is 313 g/mol. The Balaban J connectivity index is 1.81. The van der Waals surface area contributed by atoms with Crippen molar-refractivity contribution < 1.29 is 0 Å². The van der Waals surface area contributed by atoms with Gasteiger partial charge in [0.15, 0.2) is 5.65 Å². The van der Waals surface area contributed by atoms with Gasteiger partial charge in [-0.25, -0.2) is 9.97 Å². The molecule has 1 aliphatic carbocycles. The summed E-state index contributed by atoms with van der Waals surface area (Å²) in [6.07, 6.45) is 7.80. The van der Waals surface area contributed by atoms with Gasteiger partial charge in [0.2, 0.25) is 5.95 Å². The fraction of sp³-hybridized carbons (Fsp3) is 0.562. The molecule has 22 heavy (non-hydrogen) atoms. The number of rotatable bonds is 1. The van der Waals surface area contributed by atoms with Gasteiger partial charge >= 0.3 is 0 Å². The molecule has 5 rings (SSSR count). The smallest absolute Gasteiger partial charge is 0.229 e. The lowest BCUT2D eigenvalue weighted by Crippen LogP contribution is -2.22. The molecule has 0 unspecified atom stereocenters. The van der Waals surface area contributed by atoms with Crippen molar-refractivity contribution in [3.05, 3.63) is 16.8 Å². The molecule has 0 spiro atoms. The minimum Gasteiger partial charge on any atom is -0.341 e. The van der Waals surface area contributed by atoms with Crippen LogP contribution >= 0.6 is 11.3 Å². The summed E-state index contributed by atoms with van der Waals surface area (Å²) in [6.45, 7) is 4.50. The fourth-order valence-corrected chi connectivity index (χ4v) is 5.08. The van der Waals surface area contributed by atoms with Gasteiger partial charge in [0.1, 0.15) is 11.2 Å². The minimum absolute atomic E-state index is 0.756. The van der Waals surface area contributed by atoms with Crippen LogP contribution in [0, 0.1) is 5.92 Å². The molecule has 1 atom stereocenters. The summed E-state index contributed by atoms with van der Waals surface area (Å²) in [6, 6.07) is 0. The lowest BCUT2D eigenvalue weighted by atomic mass is 9.89. The number of fused-ring (bicyclic) bond motifs is 5. The SMILES string of the molecule is C[C@@H]1CCc2sc3nc(N4CCCC4)n4ncnc4c3c2C1. The number of nitrogens with zero attached hydrogens (tertiary/aromatic N) is 5. The third kappa shape index (κ3) is 1.73. The van der Waals surface area contributed by atoms with Gasteiger partial charge in [-0.1, -0.05) is 6.92 Å². The molecule has 1 saturated heterocycles. The van der Waals surface area contributed by atoms with Crippen LogP contribution in [0.15, 0.2) is 6.33 Å². The Morgan fingerprint density at radius 3 is 3.00 bits per heavy atom. The van der Waals surface area contributed by atoms with Crippen LogP contribution in [0.3, 0.4) is 0 Å². The van der Waals surface area contributed by atoms with Crippen molar-refractivity contribution in [2.24, 2.45) is 5.92 Å². The molecule has 114 valence electrons. The van der Waals surface area contributed by atoms with Crippen molar-refractivity contribution in [2.45, 2.75) is 39.0 Å². The van der Waals surface area contributed by atoms with Gasteiger partial charge < -0.3 is 4.90 Å². The molecule has 4 heterocycles. The van der Waals surface area contributed by atoms with Gasteiger partial charge in [-0.15, -0.1) is 11.3 Å². The highest BCUT2D eigenvalue weighted by molar-refractivity contribution is 7.19. The van der Waals surface area contributed by atoms with Crippen LogP contribution in [-0.2, 0) is 12.8 Å². The Hall–Kier alpha value is -1.69. The Morgan fingerprint density at radius 2 is 2.14 bits per heavy atom. The monoisotopic (exact) mass is 313 g/mol. The van der Waals surface area contributed by atoms with Crippen molar-refractivity contribution in [2.75, 3.05) is 18.0 Å². The Bertz CT molecular complexity index is 858. The molecular weight excluding hydrogens is 294 g/mol. The lowest BCUT2D eigenvalue weighted by molar-refractivity contribution is 0.508. The molecule has 2 aliphatic rings. The van der Waals surface area contributed by atoms with E-state index in [1.54, 1.807) is 6.33 Å². The van der Waals surface area contributed by atoms with Crippen LogP contribution in [0.2, 0.25) is 0 Å². The van der Waals surface area contributed by atoms with Crippen molar-refractivity contribution in [1.29, 1.82) is 0 Å². The predicted molar refractivity (Wildman–Crippen MR) is 88.8 cm³/mol. The van der Waals surface area contributed by atoms with Crippen molar-refractivity contribution in [3.63, 3.8) is 0 Å². The number of aromatic nitrogens is 4. The zero-order chi connectivity index (χ0) is 14.7. The summed E-state index contributed by atoms with van der Waals surface area (Å²) in [5.41, 5.74) is 2.48. The highest BCUT2D eigenvalue weighted by Crippen LogP contribution is 2.39. The maximum atomic E-state index is 4.99. The van der Waals surface area contributed by atoms with Gasteiger partial charge in [0.05, 0.1) is 5.39 Å². The summed E-state index contributed by atoms with van der Waals surface area (Å²) >= 11 is 1.87. The van der Waals surface area contributed by atoms with E-state index in [0.29, 0.717) is 0 Å². The summed E-state index contributed by atoms with van der Waals surface area (Å²) in [5, 5.41) is 5.72. The van der Waals surface area contributed by atoms with Gasteiger partial charge in [-0.05, 0) is 43.6 Å². The molecule has 3 aromatic rings. The fourth-order valence-electron chi connectivity index (χ4n) is 3.87. The first-order chi connectivity index (χ1) is 10.8. The van der Waals surface area contributed by atoms with Gasteiger partial charge in [-0.2, -0.15) is 9.61 Å². The molecule has 3 aromatic heterocycles. The highest BCUT2D eigenvalue weighted by atomic mass is 32.1. The molecule has 1 aliphatic heterocycles.